The maximum Gasteiger partial charge on any atom is 0.287 e. The molecular weight excluding hydrogens is 422 g/mol. The van der Waals surface area contributed by atoms with Crippen LogP contribution in [0.3, 0.4) is 0 Å². The number of fused-ring (bicyclic) bond motifs is 3. The van der Waals surface area contributed by atoms with E-state index in [1.54, 1.807) is 0 Å². The largest absolute Gasteiger partial charge is 0.450 e. The van der Waals surface area contributed by atoms with E-state index in [1.807, 2.05) is 18.2 Å². The maximum absolute atomic E-state index is 12.6. The van der Waals surface area contributed by atoms with Gasteiger partial charge in [-0.15, -0.1) is 0 Å². The highest BCUT2D eigenvalue weighted by molar-refractivity contribution is 9.11. The summed E-state index contributed by atoms with van der Waals surface area (Å²) in [5, 5.41) is 4.08. The van der Waals surface area contributed by atoms with Crippen LogP contribution in [0.4, 0.5) is 0 Å². The van der Waals surface area contributed by atoms with Gasteiger partial charge in [0.15, 0.2) is 5.76 Å². The molecule has 122 valence electrons. The summed E-state index contributed by atoms with van der Waals surface area (Å²) in [6.07, 6.45) is 5.34. The van der Waals surface area contributed by atoms with Crippen molar-refractivity contribution in [2.45, 2.75) is 38.6 Å². The van der Waals surface area contributed by atoms with E-state index in [1.165, 1.54) is 25.7 Å². The third kappa shape index (κ3) is 2.86. The Morgan fingerprint density at radius 2 is 2.09 bits per heavy atom. The molecule has 2 aromatic rings. The van der Waals surface area contributed by atoms with Crippen LogP contribution in [0.5, 0.6) is 0 Å². The fourth-order valence-corrected chi connectivity index (χ4v) is 5.82. The van der Waals surface area contributed by atoms with E-state index in [0.717, 1.165) is 26.2 Å². The quantitative estimate of drug-likeness (QED) is 0.683. The van der Waals surface area contributed by atoms with Gasteiger partial charge in [0, 0.05) is 15.9 Å². The third-order valence-electron chi connectivity index (χ3n) is 5.55. The van der Waals surface area contributed by atoms with E-state index >= 15 is 0 Å². The first-order valence-electron chi connectivity index (χ1n) is 8.20. The number of hydrogen-bond acceptors (Lipinski definition) is 2. The molecule has 0 aliphatic heterocycles. The van der Waals surface area contributed by atoms with Crippen molar-refractivity contribution in [2.24, 2.45) is 17.8 Å². The predicted octanol–water partition coefficient (Wildman–Crippen LogP) is 5.51. The van der Waals surface area contributed by atoms with Crippen molar-refractivity contribution in [1.29, 1.82) is 0 Å². The van der Waals surface area contributed by atoms with Crippen LogP contribution in [0.2, 0.25) is 0 Å². The van der Waals surface area contributed by atoms with E-state index in [-0.39, 0.29) is 11.9 Å². The Hall–Kier alpha value is -0.810. The van der Waals surface area contributed by atoms with Gasteiger partial charge in [0.05, 0.1) is 4.47 Å². The van der Waals surface area contributed by atoms with Gasteiger partial charge in [-0.1, -0.05) is 22.4 Å². The third-order valence-corrected chi connectivity index (χ3v) is 6.60. The van der Waals surface area contributed by atoms with Gasteiger partial charge < -0.3 is 9.73 Å². The van der Waals surface area contributed by atoms with E-state index in [9.17, 15) is 4.79 Å². The summed E-state index contributed by atoms with van der Waals surface area (Å²) in [5.74, 6) is 2.59. The second-order valence-electron chi connectivity index (χ2n) is 7.02. The minimum absolute atomic E-state index is 0.112. The number of furan rings is 1. The van der Waals surface area contributed by atoms with Crippen molar-refractivity contribution in [3.05, 3.63) is 32.9 Å². The van der Waals surface area contributed by atoms with Gasteiger partial charge in [-0.2, -0.15) is 0 Å². The van der Waals surface area contributed by atoms with Gasteiger partial charge in [0.2, 0.25) is 0 Å². The van der Waals surface area contributed by atoms with E-state index in [4.69, 9.17) is 4.42 Å². The standard InChI is InChI=1S/C18H19Br2NO2/c1-9(14-5-10-2-3-11(14)4-10)21-18(22)16-7-12-6-13(19)8-15(20)17(12)23-16/h6-11,14H,2-5H2,1H3,(H,21,22)/t9-,10+,11+,14+/m1/s1. The summed E-state index contributed by atoms with van der Waals surface area (Å²) in [4.78, 5) is 12.6. The Labute approximate surface area is 152 Å². The molecule has 3 nitrogen and oxygen atoms in total. The van der Waals surface area contributed by atoms with Crippen LogP contribution >= 0.6 is 31.9 Å². The minimum Gasteiger partial charge on any atom is -0.450 e. The Morgan fingerprint density at radius 3 is 2.78 bits per heavy atom. The lowest BCUT2D eigenvalue weighted by Gasteiger charge is -2.28. The van der Waals surface area contributed by atoms with Crippen molar-refractivity contribution in [2.75, 3.05) is 0 Å². The first-order chi connectivity index (χ1) is 11.0. The molecule has 0 spiro atoms. The second kappa shape index (κ2) is 5.92. The van der Waals surface area contributed by atoms with Crippen LogP contribution in [0.1, 0.15) is 43.2 Å². The first kappa shape index (κ1) is 15.7. The van der Waals surface area contributed by atoms with Crippen LogP contribution in [-0.2, 0) is 0 Å². The average Bonchev–Trinajstić information content (AvgIpc) is 3.21. The summed E-state index contributed by atoms with van der Waals surface area (Å²) in [6, 6.07) is 5.90. The highest BCUT2D eigenvalue weighted by Crippen LogP contribution is 2.49. The summed E-state index contributed by atoms with van der Waals surface area (Å²) < 4.78 is 7.57. The van der Waals surface area contributed by atoms with Gasteiger partial charge >= 0.3 is 0 Å². The lowest BCUT2D eigenvalue weighted by Crippen LogP contribution is -2.39. The Bertz CT molecular complexity index is 770. The van der Waals surface area contributed by atoms with Crippen LogP contribution in [0, 0.1) is 17.8 Å². The summed E-state index contributed by atoms with van der Waals surface area (Å²) in [7, 11) is 0. The lowest BCUT2D eigenvalue weighted by molar-refractivity contribution is 0.0889. The van der Waals surface area contributed by atoms with Gasteiger partial charge in [-0.3, -0.25) is 4.79 Å². The van der Waals surface area contributed by atoms with Crippen molar-refractivity contribution >= 4 is 48.7 Å². The molecular formula is C18H19Br2NO2. The molecule has 0 unspecified atom stereocenters. The average molecular weight is 441 g/mol. The van der Waals surface area contributed by atoms with Gasteiger partial charge in [0.25, 0.3) is 5.91 Å². The van der Waals surface area contributed by atoms with E-state index in [2.05, 4.69) is 44.1 Å². The summed E-state index contributed by atoms with van der Waals surface area (Å²) in [5.41, 5.74) is 0.714. The smallest absolute Gasteiger partial charge is 0.287 e. The van der Waals surface area contributed by atoms with Crippen LogP contribution in [-0.4, -0.2) is 11.9 Å². The normalized spacial score (nSPS) is 27.5. The second-order valence-corrected chi connectivity index (χ2v) is 8.79. The molecule has 2 fully saturated rings. The zero-order chi connectivity index (χ0) is 16.1. The Kier molecular flexibility index (Phi) is 4.04. The zero-order valence-corrected chi connectivity index (χ0v) is 16.1. The minimum atomic E-state index is -0.112. The van der Waals surface area contributed by atoms with Crippen LogP contribution in [0.25, 0.3) is 11.0 Å². The van der Waals surface area contributed by atoms with Crippen LogP contribution < -0.4 is 5.32 Å². The Balaban J connectivity index is 1.51. The molecule has 5 heteroatoms. The van der Waals surface area contributed by atoms with Crippen molar-refractivity contribution < 1.29 is 9.21 Å². The number of carbonyl (C=O) groups excluding carboxylic acids is 1. The molecule has 4 rings (SSSR count). The van der Waals surface area contributed by atoms with E-state index in [0.29, 0.717) is 17.3 Å². The fraction of sp³-hybridized carbons (Fsp3) is 0.500. The number of carbonyl (C=O) groups is 1. The van der Waals surface area contributed by atoms with Gasteiger partial charge in [-0.05, 0) is 78.1 Å². The van der Waals surface area contributed by atoms with Crippen LogP contribution in [0.15, 0.2) is 31.6 Å². The lowest BCUT2D eigenvalue weighted by atomic mass is 9.84. The van der Waals surface area contributed by atoms with Gasteiger partial charge in [0.1, 0.15) is 5.58 Å². The predicted molar refractivity (Wildman–Crippen MR) is 97.5 cm³/mol. The molecule has 2 bridgehead atoms. The van der Waals surface area contributed by atoms with Gasteiger partial charge in [-0.25, -0.2) is 0 Å². The van der Waals surface area contributed by atoms with Crippen molar-refractivity contribution in [3.8, 4) is 0 Å². The molecule has 2 aliphatic carbocycles. The maximum atomic E-state index is 12.6. The zero-order valence-electron chi connectivity index (χ0n) is 12.9. The number of nitrogens with one attached hydrogen (secondary N) is 1. The Morgan fingerprint density at radius 1 is 1.26 bits per heavy atom. The molecule has 0 radical (unpaired) electrons. The number of amides is 1. The van der Waals surface area contributed by atoms with Crippen molar-refractivity contribution in [3.63, 3.8) is 0 Å². The molecule has 1 aromatic heterocycles. The fourth-order valence-electron chi connectivity index (χ4n) is 4.48. The number of hydrogen-bond donors (Lipinski definition) is 1. The molecule has 1 N–H and O–H groups in total. The number of rotatable bonds is 3. The van der Waals surface area contributed by atoms with E-state index < -0.39 is 0 Å². The molecule has 1 heterocycles. The summed E-state index contributed by atoms with van der Waals surface area (Å²) in [6.45, 7) is 2.14. The SMILES string of the molecule is C[C@@H](NC(=O)c1cc2cc(Br)cc(Br)c2o1)[C@@H]1C[C@H]2CC[C@H]1C2. The molecule has 2 saturated carbocycles. The highest BCUT2D eigenvalue weighted by Gasteiger charge is 2.42. The molecule has 0 saturated heterocycles. The molecule has 1 amide bonds. The van der Waals surface area contributed by atoms with Crippen molar-refractivity contribution in [1.82, 2.24) is 5.32 Å². The molecule has 1 aromatic carbocycles. The molecule has 2 aliphatic rings. The molecule has 4 atom stereocenters. The molecule has 23 heavy (non-hydrogen) atoms. The topological polar surface area (TPSA) is 42.2 Å². The monoisotopic (exact) mass is 439 g/mol. The number of benzene rings is 1. The number of halogens is 2. The highest BCUT2D eigenvalue weighted by atomic mass is 79.9. The first-order valence-corrected chi connectivity index (χ1v) is 9.79. The summed E-state index contributed by atoms with van der Waals surface area (Å²) >= 11 is 6.94.